The molecule has 1 heterocycles. The van der Waals surface area contributed by atoms with Gasteiger partial charge < -0.3 is 4.90 Å². The normalized spacial score (nSPS) is 12.9. The molecule has 37 heavy (non-hydrogen) atoms. The van der Waals surface area contributed by atoms with Crippen LogP contribution in [0.25, 0.3) is 43.4 Å². The van der Waals surface area contributed by atoms with Crippen LogP contribution < -0.4 is 21.3 Å². The zero-order chi connectivity index (χ0) is 24.5. The van der Waals surface area contributed by atoms with Gasteiger partial charge >= 0.3 is 0 Å². The Kier molecular flexibility index (Phi) is 4.30. The molecule has 0 N–H and O–H groups in total. The lowest BCUT2D eigenvalue weighted by molar-refractivity contribution is 1.23. The summed E-state index contributed by atoms with van der Waals surface area (Å²) in [7, 11) is 2.22. The molecule has 2 heteroatoms. The van der Waals surface area contributed by atoms with Gasteiger partial charge in [-0.1, -0.05) is 126 Å². The van der Waals surface area contributed by atoms with Crippen LogP contribution in [0, 0.1) is 0 Å². The molecule has 0 spiro atoms. The van der Waals surface area contributed by atoms with Crippen LogP contribution in [0.4, 0.5) is 11.4 Å². The lowest BCUT2D eigenvalue weighted by Crippen LogP contribution is -2.52. The van der Waals surface area contributed by atoms with E-state index in [0.29, 0.717) is 0 Å². The van der Waals surface area contributed by atoms with Gasteiger partial charge in [-0.2, -0.15) is 0 Å². The first-order chi connectivity index (χ1) is 18.3. The van der Waals surface area contributed by atoms with Crippen LogP contribution >= 0.6 is 0 Å². The fourth-order valence-electron chi connectivity index (χ4n) is 6.65. The maximum Gasteiger partial charge on any atom is 0.244 e. The number of hydrogen-bond donors (Lipinski definition) is 0. The van der Waals surface area contributed by atoms with Gasteiger partial charge in [-0.3, -0.25) is 0 Å². The second-order valence-electron chi connectivity index (χ2n) is 10.2. The summed E-state index contributed by atoms with van der Waals surface area (Å²) >= 11 is 0. The third-order valence-corrected chi connectivity index (χ3v) is 8.27. The Morgan fingerprint density at radius 2 is 1.22 bits per heavy atom. The van der Waals surface area contributed by atoms with Crippen LogP contribution in [0.5, 0.6) is 0 Å². The molecule has 0 saturated carbocycles. The van der Waals surface area contributed by atoms with Crippen LogP contribution in [0.15, 0.2) is 127 Å². The predicted octanol–water partition coefficient (Wildman–Crippen LogP) is 6.85. The molecule has 0 radical (unpaired) electrons. The van der Waals surface area contributed by atoms with E-state index in [0.717, 1.165) is 0 Å². The summed E-state index contributed by atoms with van der Waals surface area (Å²) in [6.07, 6.45) is 0. The number of nitrogens with zero attached hydrogens (tertiary/aromatic N) is 1. The van der Waals surface area contributed by atoms with Crippen molar-refractivity contribution in [2.45, 2.75) is 0 Å². The van der Waals surface area contributed by atoms with Crippen molar-refractivity contribution in [1.29, 1.82) is 0 Å². The third-order valence-electron chi connectivity index (χ3n) is 8.27. The van der Waals surface area contributed by atoms with Crippen LogP contribution in [-0.2, 0) is 0 Å². The highest BCUT2D eigenvalue weighted by Gasteiger charge is 2.32. The quantitative estimate of drug-likeness (QED) is 0.198. The smallest absolute Gasteiger partial charge is 0.244 e. The summed E-state index contributed by atoms with van der Waals surface area (Å²) in [5.41, 5.74) is 9.16. The van der Waals surface area contributed by atoms with E-state index < -0.39 is 0 Å². The van der Waals surface area contributed by atoms with Gasteiger partial charge in [0.15, 0.2) is 0 Å². The van der Waals surface area contributed by atoms with E-state index in [-0.39, 0.29) is 6.71 Å². The minimum atomic E-state index is 0.156. The van der Waals surface area contributed by atoms with Gasteiger partial charge in [-0.25, -0.2) is 0 Å². The molecule has 1 nitrogen and oxygen atoms in total. The van der Waals surface area contributed by atoms with E-state index in [2.05, 4.69) is 139 Å². The molecule has 0 atom stereocenters. The van der Waals surface area contributed by atoms with Gasteiger partial charge in [0.05, 0.1) is 0 Å². The molecule has 0 aromatic heterocycles. The van der Waals surface area contributed by atoms with Crippen LogP contribution in [0.3, 0.4) is 0 Å². The maximum absolute atomic E-state index is 2.47. The van der Waals surface area contributed by atoms with Crippen molar-refractivity contribution in [3.63, 3.8) is 0 Å². The number of hydrogen-bond acceptors (Lipinski definition) is 1. The first kappa shape index (κ1) is 20.6. The molecular formula is C35H24BN. The van der Waals surface area contributed by atoms with Gasteiger partial charge in [-0.15, -0.1) is 0 Å². The second-order valence-corrected chi connectivity index (χ2v) is 10.2. The molecule has 0 saturated heterocycles. The van der Waals surface area contributed by atoms with E-state index in [9.17, 15) is 0 Å². The van der Waals surface area contributed by atoms with Gasteiger partial charge in [0.2, 0.25) is 6.71 Å². The monoisotopic (exact) mass is 469 g/mol. The summed E-state index contributed by atoms with van der Waals surface area (Å²) in [5, 5.41) is 8.04. The van der Waals surface area contributed by atoms with Crippen molar-refractivity contribution < 1.29 is 0 Å². The summed E-state index contributed by atoms with van der Waals surface area (Å²) in [6.45, 7) is 0.156. The Morgan fingerprint density at radius 1 is 0.514 bits per heavy atom. The van der Waals surface area contributed by atoms with Gasteiger partial charge in [0.1, 0.15) is 0 Å². The molecular weight excluding hydrogens is 445 g/mol. The third kappa shape index (κ3) is 2.87. The molecule has 1 aliphatic heterocycles. The van der Waals surface area contributed by atoms with Crippen molar-refractivity contribution in [2.24, 2.45) is 0 Å². The summed E-state index contributed by atoms with van der Waals surface area (Å²) < 4.78 is 0. The number of benzene rings is 7. The summed E-state index contributed by atoms with van der Waals surface area (Å²) in [6, 6.07) is 47.0. The highest BCUT2D eigenvalue weighted by atomic mass is 15.1. The Bertz CT molecular complexity index is 1940. The number of rotatable bonds is 2. The fraction of sp³-hybridized carbons (Fsp3) is 0.0286. The second kappa shape index (κ2) is 7.72. The predicted molar refractivity (Wildman–Crippen MR) is 161 cm³/mol. The average molecular weight is 469 g/mol. The Labute approximate surface area is 217 Å². The molecule has 7 aromatic carbocycles. The topological polar surface area (TPSA) is 3.24 Å². The zero-order valence-corrected chi connectivity index (χ0v) is 20.6. The largest absolute Gasteiger partial charge is 0.345 e. The van der Waals surface area contributed by atoms with Crippen molar-refractivity contribution in [2.75, 3.05) is 11.9 Å². The lowest BCUT2D eigenvalue weighted by atomic mass is 9.36. The first-order valence-corrected chi connectivity index (χ1v) is 13.0. The molecule has 0 amide bonds. The first-order valence-electron chi connectivity index (χ1n) is 13.0. The van der Waals surface area contributed by atoms with Crippen molar-refractivity contribution in [3.05, 3.63) is 127 Å². The highest BCUT2D eigenvalue weighted by Crippen LogP contribution is 2.43. The molecule has 1 aliphatic rings. The van der Waals surface area contributed by atoms with Crippen molar-refractivity contribution >= 4 is 66.8 Å². The Balaban J connectivity index is 1.57. The van der Waals surface area contributed by atoms with E-state index in [1.54, 1.807) is 0 Å². The molecule has 0 bridgehead atoms. The molecule has 0 aliphatic carbocycles. The molecule has 7 aromatic rings. The standard InChI is InChI=1S/C35H24BN/c1-37-31-15-9-8-14-29(31)36(26-12-6-3-7-13-26)30-22-25-17-19-27(23-10-4-2-5-11-23)28-20-16-24-18-21-32(37)35(30)34(24)33(25)28/h2-22H,1H3. The minimum absolute atomic E-state index is 0.156. The van der Waals surface area contributed by atoms with E-state index >= 15 is 0 Å². The highest BCUT2D eigenvalue weighted by molar-refractivity contribution is 6.98. The van der Waals surface area contributed by atoms with E-state index in [4.69, 9.17) is 0 Å². The van der Waals surface area contributed by atoms with Crippen LogP contribution in [-0.4, -0.2) is 13.8 Å². The van der Waals surface area contributed by atoms with Gasteiger partial charge in [0, 0.05) is 23.8 Å². The summed E-state index contributed by atoms with van der Waals surface area (Å²) in [4.78, 5) is 2.39. The van der Waals surface area contributed by atoms with Crippen LogP contribution in [0.1, 0.15) is 0 Å². The Morgan fingerprint density at radius 3 is 2.05 bits per heavy atom. The molecule has 172 valence electrons. The van der Waals surface area contributed by atoms with Crippen LogP contribution in [0.2, 0.25) is 0 Å². The zero-order valence-electron chi connectivity index (χ0n) is 20.6. The van der Waals surface area contributed by atoms with Crippen molar-refractivity contribution in [1.82, 2.24) is 0 Å². The number of anilines is 2. The fourth-order valence-corrected chi connectivity index (χ4v) is 6.65. The Hall–Kier alpha value is -4.56. The molecule has 8 rings (SSSR count). The average Bonchev–Trinajstić information content (AvgIpc) is 3.07. The number of fused-ring (bicyclic) bond motifs is 1. The minimum Gasteiger partial charge on any atom is -0.345 e. The molecule has 0 fully saturated rings. The van der Waals surface area contributed by atoms with Gasteiger partial charge in [0.25, 0.3) is 0 Å². The SMILES string of the molecule is CN1c2ccccc2B(c2ccccc2)c2cc3ccc(-c4ccccc4)c4ccc5ccc1c2c5c34. The maximum atomic E-state index is 2.47. The van der Waals surface area contributed by atoms with Crippen molar-refractivity contribution in [3.8, 4) is 11.1 Å². The lowest BCUT2D eigenvalue weighted by Gasteiger charge is -2.23. The summed E-state index contributed by atoms with van der Waals surface area (Å²) in [5.74, 6) is 0. The van der Waals surface area contributed by atoms with E-state index in [1.807, 2.05) is 0 Å². The van der Waals surface area contributed by atoms with E-state index in [1.165, 1.54) is 71.2 Å². The number of para-hydroxylation sites is 1. The molecule has 0 unspecified atom stereocenters. The van der Waals surface area contributed by atoms with Gasteiger partial charge in [-0.05, 0) is 55.7 Å².